The Morgan fingerprint density at radius 3 is 2.68 bits per heavy atom. The van der Waals surface area contributed by atoms with Crippen molar-refractivity contribution in [2.75, 3.05) is 17.6 Å². The van der Waals surface area contributed by atoms with Crippen molar-refractivity contribution in [3.63, 3.8) is 0 Å². The number of fused-ring (bicyclic) bond motifs is 1. The highest BCUT2D eigenvalue weighted by Crippen LogP contribution is 2.34. The number of nitrogens with two attached hydrogens (primary N) is 1. The lowest BCUT2D eigenvalue weighted by Gasteiger charge is -2.04. The molecule has 3 N–H and O–H groups in total. The van der Waals surface area contributed by atoms with Gasteiger partial charge in [-0.05, 0) is 11.6 Å². The smallest absolute Gasteiger partial charge is 0.210 e. The van der Waals surface area contributed by atoms with E-state index in [0.717, 1.165) is 20.7 Å². The number of primary sulfonamides is 1. The highest BCUT2D eigenvalue weighted by atomic mass is 32.2. The number of aromatic nitrogens is 2. The highest BCUT2D eigenvalue weighted by Gasteiger charge is 2.10. The first-order chi connectivity index (χ1) is 10.5. The normalized spacial score (nSPS) is 11.7. The summed E-state index contributed by atoms with van der Waals surface area (Å²) < 4.78 is 22.0. The van der Waals surface area contributed by atoms with Gasteiger partial charge in [-0.15, -0.1) is 11.3 Å². The third kappa shape index (κ3) is 3.41. The minimum atomic E-state index is -3.49. The predicted molar refractivity (Wildman–Crippen MR) is 89.3 cm³/mol. The Bertz CT molecular complexity index is 892. The third-order valence-electron chi connectivity index (χ3n) is 3.07. The van der Waals surface area contributed by atoms with Gasteiger partial charge in [-0.3, -0.25) is 0 Å². The van der Waals surface area contributed by atoms with Gasteiger partial charge >= 0.3 is 0 Å². The van der Waals surface area contributed by atoms with Gasteiger partial charge in [-0.1, -0.05) is 30.3 Å². The van der Waals surface area contributed by atoms with Crippen molar-refractivity contribution in [3.8, 4) is 10.4 Å². The first-order valence-corrected chi connectivity index (χ1v) is 9.10. The molecule has 0 unspecified atom stereocenters. The number of sulfonamides is 1. The van der Waals surface area contributed by atoms with Gasteiger partial charge in [0.05, 0.1) is 11.1 Å². The van der Waals surface area contributed by atoms with E-state index in [1.54, 1.807) is 11.3 Å². The lowest BCUT2D eigenvalue weighted by Crippen LogP contribution is -2.22. The fraction of sp³-hybridized carbons (Fsp3) is 0.143. The molecule has 2 aromatic heterocycles. The van der Waals surface area contributed by atoms with Crippen LogP contribution >= 0.6 is 11.3 Å². The van der Waals surface area contributed by atoms with Gasteiger partial charge in [-0.2, -0.15) is 0 Å². The van der Waals surface area contributed by atoms with E-state index in [1.165, 1.54) is 6.33 Å². The molecule has 0 saturated heterocycles. The molecule has 0 aliphatic heterocycles. The number of hydrogen-bond acceptors (Lipinski definition) is 6. The first kappa shape index (κ1) is 14.9. The summed E-state index contributed by atoms with van der Waals surface area (Å²) in [6.45, 7) is 0.210. The lowest BCUT2D eigenvalue weighted by atomic mass is 10.2. The van der Waals surface area contributed by atoms with Crippen molar-refractivity contribution < 1.29 is 8.42 Å². The second-order valence-electron chi connectivity index (χ2n) is 4.71. The van der Waals surface area contributed by atoms with Gasteiger partial charge in [0.1, 0.15) is 17.0 Å². The number of thiophene rings is 1. The van der Waals surface area contributed by atoms with E-state index < -0.39 is 10.0 Å². The van der Waals surface area contributed by atoms with Crippen LogP contribution in [0.2, 0.25) is 0 Å². The summed E-state index contributed by atoms with van der Waals surface area (Å²) in [5.41, 5.74) is 1.11. The number of hydrogen-bond donors (Lipinski definition) is 2. The summed E-state index contributed by atoms with van der Waals surface area (Å²) in [4.78, 5) is 10.4. The van der Waals surface area contributed by atoms with Crippen LogP contribution in [-0.2, 0) is 10.0 Å². The van der Waals surface area contributed by atoms with Crippen LogP contribution in [-0.4, -0.2) is 30.7 Å². The van der Waals surface area contributed by atoms with Crippen LogP contribution in [0.5, 0.6) is 0 Å². The average molecular weight is 334 g/mol. The zero-order chi connectivity index (χ0) is 15.6. The fourth-order valence-corrected chi connectivity index (χ4v) is 3.44. The van der Waals surface area contributed by atoms with E-state index in [4.69, 9.17) is 5.14 Å². The van der Waals surface area contributed by atoms with Crippen LogP contribution in [0.25, 0.3) is 20.7 Å². The number of nitrogens with zero attached hydrogens (tertiary/aromatic N) is 2. The van der Waals surface area contributed by atoms with Crippen molar-refractivity contribution in [2.24, 2.45) is 5.14 Å². The molecule has 0 bridgehead atoms. The van der Waals surface area contributed by atoms with Gasteiger partial charge in [0, 0.05) is 11.4 Å². The van der Waals surface area contributed by atoms with Crippen LogP contribution in [0.3, 0.4) is 0 Å². The quantitative estimate of drug-likeness (QED) is 0.744. The standard InChI is InChI=1S/C14H14N4O2S2/c15-22(19,20)7-6-16-13-11-8-12(10-4-2-1-3-5-10)21-14(11)18-9-17-13/h1-5,8-9H,6-7H2,(H2,15,19,20)(H,16,17,18). The molecule has 114 valence electrons. The summed E-state index contributed by atoms with van der Waals surface area (Å²) in [7, 11) is -3.49. The van der Waals surface area contributed by atoms with Crippen molar-refractivity contribution in [3.05, 3.63) is 42.7 Å². The van der Waals surface area contributed by atoms with Crippen LogP contribution in [0, 0.1) is 0 Å². The second-order valence-corrected chi connectivity index (χ2v) is 7.48. The molecule has 0 spiro atoms. The van der Waals surface area contributed by atoms with E-state index in [9.17, 15) is 8.42 Å². The molecule has 0 radical (unpaired) electrons. The molecule has 8 heteroatoms. The minimum Gasteiger partial charge on any atom is -0.368 e. The SMILES string of the molecule is NS(=O)(=O)CCNc1ncnc2sc(-c3ccccc3)cc12. The van der Waals surface area contributed by atoms with Crippen molar-refractivity contribution >= 4 is 37.4 Å². The number of nitrogens with one attached hydrogen (secondary N) is 1. The molecule has 0 saturated carbocycles. The van der Waals surface area contributed by atoms with Crippen molar-refractivity contribution in [1.29, 1.82) is 0 Å². The van der Waals surface area contributed by atoms with Crippen LogP contribution in [0.4, 0.5) is 5.82 Å². The summed E-state index contributed by atoms with van der Waals surface area (Å²) >= 11 is 1.57. The highest BCUT2D eigenvalue weighted by molar-refractivity contribution is 7.89. The Balaban J connectivity index is 1.90. The van der Waals surface area contributed by atoms with Crippen LogP contribution < -0.4 is 10.5 Å². The van der Waals surface area contributed by atoms with Gasteiger partial charge in [0.2, 0.25) is 10.0 Å². The monoisotopic (exact) mass is 334 g/mol. The van der Waals surface area contributed by atoms with Crippen molar-refractivity contribution in [1.82, 2.24) is 9.97 Å². The molecule has 0 amide bonds. The zero-order valence-electron chi connectivity index (χ0n) is 11.6. The lowest BCUT2D eigenvalue weighted by molar-refractivity contribution is 0.598. The number of rotatable bonds is 5. The molecule has 1 aromatic carbocycles. The molecule has 0 aliphatic carbocycles. The molecule has 0 atom stereocenters. The molecule has 2 heterocycles. The van der Waals surface area contributed by atoms with E-state index >= 15 is 0 Å². The molecule has 0 aliphatic rings. The van der Waals surface area contributed by atoms with Gasteiger partial charge in [0.25, 0.3) is 0 Å². The Morgan fingerprint density at radius 2 is 1.95 bits per heavy atom. The zero-order valence-corrected chi connectivity index (χ0v) is 13.2. The Labute approximate surface area is 132 Å². The number of anilines is 1. The van der Waals surface area contributed by atoms with Crippen LogP contribution in [0.15, 0.2) is 42.7 Å². The molecular formula is C14H14N4O2S2. The van der Waals surface area contributed by atoms with Gasteiger partial charge in [-0.25, -0.2) is 23.5 Å². The Morgan fingerprint density at radius 1 is 1.18 bits per heavy atom. The average Bonchev–Trinajstić information content (AvgIpc) is 2.92. The van der Waals surface area contributed by atoms with Gasteiger partial charge in [0.15, 0.2) is 0 Å². The van der Waals surface area contributed by atoms with Crippen LogP contribution in [0.1, 0.15) is 0 Å². The third-order valence-corrected chi connectivity index (χ3v) is 4.93. The molecule has 0 fully saturated rings. The fourth-order valence-electron chi connectivity index (χ4n) is 2.05. The van der Waals surface area contributed by atoms with E-state index in [-0.39, 0.29) is 12.3 Å². The minimum absolute atomic E-state index is 0.145. The van der Waals surface area contributed by atoms with Gasteiger partial charge < -0.3 is 5.32 Å². The van der Waals surface area contributed by atoms with E-state index in [1.807, 2.05) is 36.4 Å². The first-order valence-electron chi connectivity index (χ1n) is 6.57. The summed E-state index contributed by atoms with van der Waals surface area (Å²) in [6.07, 6.45) is 1.47. The Kier molecular flexibility index (Phi) is 4.06. The topological polar surface area (TPSA) is 98.0 Å². The second kappa shape index (κ2) is 5.99. The largest absolute Gasteiger partial charge is 0.368 e. The molecule has 22 heavy (non-hydrogen) atoms. The maximum atomic E-state index is 11.0. The summed E-state index contributed by atoms with van der Waals surface area (Å²) in [6, 6.07) is 12.0. The summed E-state index contributed by atoms with van der Waals surface area (Å²) in [5.74, 6) is 0.473. The summed E-state index contributed by atoms with van der Waals surface area (Å²) in [5, 5.41) is 8.87. The molecule has 3 aromatic rings. The predicted octanol–water partition coefficient (Wildman–Crippen LogP) is 2.06. The van der Waals surface area contributed by atoms with E-state index in [0.29, 0.717) is 5.82 Å². The molecule has 3 rings (SSSR count). The van der Waals surface area contributed by atoms with E-state index in [2.05, 4.69) is 15.3 Å². The molecular weight excluding hydrogens is 320 g/mol. The maximum absolute atomic E-state index is 11.0. The molecule has 6 nitrogen and oxygen atoms in total. The van der Waals surface area contributed by atoms with Crippen molar-refractivity contribution in [2.45, 2.75) is 0 Å². The maximum Gasteiger partial charge on any atom is 0.210 e. The number of benzene rings is 1. The Hall–Kier alpha value is -2.03.